The van der Waals surface area contributed by atoms with Gasteiger partial charge < -0.3 is 4.74 Å². The molecule has 1 N–H and O–H groups in total. The molecule has 2 aromatic carbocycles. The van der Waals surface area contributed by atoms with Crippen LogP contribution in [0.5, 0.6) is 5.75 Å². The Kier molecular flexibility index (Phi) is 2.93. The first-order chi connectivity index (χ1) is 7.99. The lowest BCUT2D eigenvalue weighted by molar-refractivity contribution is 0.420. The second-order valence-corrected chi connectivity index (χ2v) is 5.52. The number of benzene rings is 2. The zero-order valence-electron chi connectivity index (χ0n) is 9.60. The van der Waals surface area contributed by atoms with Gasteiger partial charge in [-0.15, -0.1) is 0 Å². The summed E-state index contributed by atoms with van der Waals surface area (Å²) in [6, 6.07) is 11.1. The van der Waals surface area contributed by atoms with Crippen molar-refractivity contribution in [2.75, 3.05) is 18.1 Å². The van der Waals surface area contributed by atoms with E-state index in [9.17, 15) is 8.42 Å². The second kappa shape index (κ2) is 4.25. The normalized spacial score (nSPS) is 11.4. The van der Waals surface area contributed by atoms with Gasteiger partial charge in [0.05, 0.1) is 19.1 Å². The number of hydrogen-bond donors (Lipinski definition) is 1. The third kappa shape index (κ3) is 2.68. The molecule has 0 radical (unpaired) electrons. The highest BCUT2D eigenvalue weighted by Crippen LogP contribution is 2.29. The van der Waals surface area contributed by atoms with E-state index in [2.05, 4.69) is 4.72 Å². The van der Waals surface area contributed by atoms with E-state index in [4.69, 9.17) is 4.74 Å². The van der Waals surface area contributed by atoms with E-state index < -0.39 is 10.0 Å². The third-order valence-electron chi connectivity index (χ3n) is 2.35. The van der Waals surface area contributed by atoms with Crippen molar-refractivity contribution < 1.29 is 13.2 Å². The molecule has 2 rings (SSSR count). The van der Waals surface area contributed by atoms with Crippen molar-refractivity contribution in [3.05, 3.63) is 36.4 Å². The molecule has 0 fully saturated rings. The van der Waals surface area contributed by atoms with Crippen LogP contribution in [0.3, 0.4) is 0 Å². The average Bonchev–Trinajstić information content (AvgIpc) is 2.25. The summed E-state index contributed by atoms with van der Waals surface area (Å²) in [6.45, 7) is 0. The number of hydrogen-bond acceptors (Lipinski definition) is 3. The molecule has 17 heavy (non-hydrogen) atoms. The summed E-state index contributed by atoms with van der Waals surface area (Å²) in [6.07, 6.45) is 1.12. The number of methoxy groups -OCH3 is 1. The number of fused-ring (bicyclic) bond motifs is 1. The molecule has 0 atom stereocenters. The number of ether oxygens (including phenoxy) is 1. The van der Waals surface area contributed by atoms with Crippen LogP contribution in [0.2, 0.25) is 0 Å². The van der Waals surface area contributed by atoms with Crippen LogP contribution in [0.15, 0.2) is 36.4 Å². The van der Waals surface area contributed by atoms with Gasteiger partial charge in [-0.3, -0.25) is 4.72 Å². The van der Waals surface area contributed by atoms with Crippen LogP contribution in [-0.4, -0.2) is 21.8 Å². The molecule has 0 aliphatic rings. The maximum absolute atomic E-state index is 11.2. The minimum absolute atomic E-state index is 0.503. The van der Waals surface area contributed by atoms with Crippen molar-refractivity contribution in [1.82, 2.24) is 0 Å². The highest BCUT2D eigenvalue weighted by Gasteiger charge is 2.07. The molecule has 0 saturated carbocycles. The highest BCUT2D eigenvalue weighted by atomic mass is 32.2. The highest BCUT2D eigenvalue weighted by molar-refractivity contribution is 7.92. The lowest BCUT2D eigenvalue weighted by Crippen LogP contribution is -2.09. The van der Waals surface area contributed by atoms with Crippen LogP contribution < -0.4 is 9.46 Å². The van der Waals surface area contributed by atoms with Crippen molar-refractivity contribution in [2.45, 2.75) is 0 Å². The van der Waals surface area contributed by atoms with Gasteiger partial charge in [0.2, 0.25) is 10.0 Å². The van der Waals surface area contributed by atoms with Gasteiger partial charge in [0.1, 0.15) is 5.75 Å². The van der Waals surface area contributed by atoms with Gasteiger partial charge in [0.25, 0.3) is 0 Å². The topological polar surface area (TPSA) is 55.4 Å². The molecule has 0 unspecified atom stereocenters. The van der Waals surface area contributed by atoms with Crippen molar-refractivity contribution in [1.29, 1.82) is 0 Å². The Labute approximate surface area is 100 Å². The molecule has 0 aliphatic carbocycles. The van der Waals surface area contributed by atoms with E-state index in [1.54, 1.807) is 19.2 Å². The monoisotopic (exact) mass is 251 g/mol. The number of nitrogens with one attached hydrogen (secondary N) is 1. The molecular formula is C12H13NO3S. The van der Waals surface area contributed by atoms with E-state index in [-0.39, 0.29) is 0 Å². The van der Waals surface area contributed by atoms with E-state index in [0.29, 0.717) is 11.4 Å². The molecule has 0 spiro atoms. The molecule has 0 heterocycles. The van der Waals surface area contributed by atoms with Crippen LogP contribution in [0.1, 0.15) is 0 Å². The molecule has 4 nitrogen and oxygen atoms in total. The maximum Gasteiger partial charge on any atom is 0.229 e. The van der Waals surface area contributed by atoms with Gasteiger partial charge >= 0.3 is 0 Å². The fourth-order valence-corrected chi connectivity index (χ4v) is 2.26. The lowest BCUT2D eigenvalue weighted by atomic mass is 10.1. The van der Waals surface area contributed by atoms with E-state index >= 15 is 0 Å². The van der Waals surface area contributed by atoms with Crippen molar-refractivity contribution in [3.63, 3.8) is 0 Å². The fraction of sp³-hybridized carbons (Fsp3) is 0.167. The molecular weight excluding hydrogens is 238 g/mol. The Morgan fingerprint density at radius 3 is 2.53 bits per heavy atom. The molecule has 0 aliphatic heterocycles. The summed E-state index contributed by atoms with van der Waals surface area (Å²) in [5.74, 6) is 0.647. The van der Waals surface area contributed by atoms with Gasteiger partial charge in [0.15, 0.2) is 0 Å². The minimum Gasteiger partial charge on any atom is -0.496 e. The molecule has 90 valence electrons. The standard InChI is InChI=1S/C12H13NO3S/c1-16-12-8-10(13-17(2,14)15)7-9-5-3-4-6-11(9)12/h3-8,13H,1-2H3. The summed E-state index contributed by atoms with van der Waals surface area (Å²) in [5.41, 5.74) is 0.503. The molecule has 5 heteroatoms. The Hall–Kier alpha value is -1.75. The first-order valence-electron chi connectivity index (χ1n) is 5.04. The fourth-order valence-electron chi connectivity index (χ4n) is 1.72. The van der Waals surface area contributed by atoms with Crippen molar-refractivity contribution >= 4 is 26.5 Å². The van der Waals surface area contributed by atoms with Gasteiger partial charge in [-0.25, -0.2) is 8.42 Å². The maximum atomic E-state index is 11.2. The largest absolute Gasteiger partial charge is 0.496 e. The lowest BCUT2D eigenvalue weighted by Gasteiger charge is -2.09. The zero-order chi connectivity index (χ0) is 12.5. The Morgan fingerprint density at radius 2 is 1.88 bits per heavy atom. The number of anilines is 1. The van der Waals surface area contributed by atoms with Crippen LogP contribution >= 0.6 is 0 Å². The van der Waals surface area contributed by atoms with Crippen LogP contribution in [-0.2, 0) is 10.0 Å². The van der Waals surface area contributed by atoms with Crippen molar-refractivity contribution in [2.24, 2.45) is 0 Å². The predicted octanol–water partition coefficient (Wildman–Crippen LogP) is 2.22. The summed E-state index contributed by atoms with van der Waals surface area (Å²) in [4.78, 5) is 0. The van der Waals surface area contributed by atoms with Gasteiger partial charge in [-0.1, -0.05) is 24.3 Å². The Balaban J connectivity index is 2.60. The average molecular weight is 251 g/mol. The van der Waals surface area contributed by atoms with Crippen LogP contribution in [0, 0.1) is 0 Å². The van der Waals surface area contributed by atoms with Crippen molar-refractivity contribution in [3.8, 4) is 5.75 Å². The van der Waals surface area contributed by atoms with Gasteiger partial charge in [-0.2, -0.15) is 0 Å². The third-order valence-corrected chi connectivity index (χ3v) is 2.95. The summed E-state index contributed by atoms with van der Waals surface area (Å²) in [5, 5.41) is 1.88. The second-order valence-electron chi connectivity index (χ2n) is 3.77. The van der Waals surface area contributed by atoms with Gasteiger partial charge in [0, 0.05) is 11.5 Å². The van der Waals surface area contributed by atoms with E-state index in [1.807, 2.05) is 24.3 Å². The predicted molar refractivity (Wildman–Crippen MR) is 69.0 cm³/mol. The number of rotatable bonds is 3. The summed E-state index contributed by atoms with van der Waals surface area (Å²) in [7, 11) is -1.71. The van der Waals surface area contributed by atoms with E-state index in [0.717, 1.165) is 17.0 Å². The minimum atomic E-state index is -3.28. The Morgan fingerprint density at radius 1 is 1.18 bits per heavy atom. The van der Waals surface area contributed by atoms with E-state index in [1.165, 1.54) is 0 Å². The first kappa shape index (κ1) is 11.7. The molecule has 0 bridgehead atoms. The zero-order valence-corrected chi connectivity index (χ0v) is 10.4. The quantitative estimate of drug-likeness (QED) is 0.910. The van der Waals surface area contributed by atoms with Crippen LogP contribution in [0.4, 0.5) is 5.69 Å². The Bertz CT molecular complexity index is 650. The van der Waals surface area contributed by atoms with Crippen LogP contribution in [0.25, 0.3) is 10.8 Å². The number of sulfonamides is 1. The summed E-state index contributed by atoms with van der Waals surface area (Å²) >= 11 is 0. The smallest absolute Gasteiger partial charge is 0.229 e. The molecule has 0 aromatic heterocycles. The first-order valence-corrected chi connectivity index (χ1v) is 6.93. The SMILES string of the molecule is COc1cc(NS(C)(=O)=O)cc2ccccc12. The molecule has 0 saturated heterocycles. The van der Waals surface area contributed by atoms with Gasteiger partial charge in [-0.05, 0) is 11.5 Å². The molecule has 2 aromatic rings. The molecule has 0 amide bonds. The summed E-state index contributed by atoms with van der Waals surface area (Å²) < 4.78 is 30.1.